The number of aromatic nitrogens is 3. The lowest BCUT2D eigenvalue weighted by atomic mass is 9.95. The maximum absolute atomic E-state index is 13.8. The Morgan fingerprint density at radius 1 is 0.921 bits per heavy atom. The normalized spacial score (nSPS) is 14.7. The zero-order valence-corrected chi connectivity index (χ0v) is 21.4. The molecule has 8 heteroatoms. The minimum atomic E-state index is -0.342. The van der Waals surface area contributed by atoms with Crippen LogP contribution in [0.25, 0.3) is 22.2 Å². The molecule has 0 radical (unpaired) electrons. The van der Waals surface area contributed by atoms with Crippen molar-refractivity contribution in [3.63, 3.8) is 0 Å². The second-order valence-electron chi connectivity index (χ2n) is 9.22. The SMILES string of the molecule is COc1ccc2[nH]cc(CCN3C(=O)c4[nH]nc(-c5ccccc5)c4[C@H]3c3ccc(OC)c(OC)c3)c2c1. The van der Waals surface area contributed by atoms with Gasteiger partial charge in [0.2, 0.25) is 0 Å². The molecule has 192 valence electrons. The molecule has 0 fully saturated rings. The number of carbonyl (C=O) groups is 1. The third-order valence-electron chi connectivity index (χ3n) is 7.23. The first kappa shape index (κ1) is 23.7. The highest BCUT2D eigenvalue weighted by atomic mass is 16.5. The molecule has 0 unspecified atom stereocenters. The van der Waals surface area contributed by atoms with Crippen LogP contribution in [0.4, 0.5) is 0 Å². The van der Waals surface area contributed by atoms with Crippen LogP contribution in [0.1, 0.15) is 33.2 Å². The van der Waals surface area contributed by atoms with Crippen LogP contribution < -0.4 is 14.2 Å². The van der Waals surface area contributed by atoms with E-state index in [9.17, 15) is 4.79 Å². The lowest BCUT2D eigenvalue weighted by Crippen LogP contribution is -2.31. The number of ether oxygens (including phenoxy) is 3. The van der Waals surface area contributed by atoms with E-state index in [4.69, 9.17) is 14.2 Å². The molecule has 0 bridgehead atoms. The highest BCUT2D eigenvalue weighted by Gasteiger charge is 2.42. The fraction of sp³-hybridized carbons (Fsp3) is 0.200. The van der Waals surface area contributed by atoms with Crippen molar-refractivity contribution >= 4 is 16.8 Å². The smallest absolute Gasteiger partial charge is 0.273 e. The van der Waals surface area contributed by atoms with Crippen LogP contribution in [0.15, 0.2) is 72.9 Å². The summed E-state index contributed by atoms with van der Waals surface area (Å²) in [5, 5.41) is 8.69. The predicted molar refractivity (Wildman–Crippen MR) is 145 cm³/mol. The number of aromatic amines is 2. The summed E-state index contributed by atoms with van der Waals surface area (Å²) in [6.07, 6.45) is 2.67. The van der Waals surface area contributed by atoms with E-state index >= 15 is 0 Å². The van der Waals surface area contributed by atoms with E-state index in [0.29, 0.717) is 30.2 Å². The van der Waals surface area contributed by atoms with Crippen molar-refractivity contribution in [2.75, 3.05) is 27.9 Å². The Bertz CT molecular complexity index is 1620. The summed E-state index contributed by atoms with van der Waals surface area (Å²) in [5.41, 5.74) is 6.19. The van der Waals surface area contributed by atoms with E-state index in [0.717, 1.165) is 44.6 Å². The average Bonchev–Trinajstić information content (AvgIpc) is 3.65. The summed E-state index contributed by atoms with van der Waals surface area (Å²) in [4.78, 5) is 19.0. The number of rotatable bonds is 8. The molecule has 1 aliphatic heterocycles. The minimum Gasteiger partial charge on any atom is -0.497 e. The van der Waals surface area contributed by atoms with Crippen molar-refractivity contribution in [2.24, 2.45) is 0 Å². The van der Waals surface area contributed by atoms with Gasteiger partial charge in [0.1, 0.15) is 11.4 Å². The van der Waals surface area contributed by atoms with Crippen LogP contribution in [0.5, 0.6) is 17.2 Å². The molecule has 1 aliphatic rings. The zero-order chi connectivity index (χ0) is 26.2. The summed E-state index contributed by atoms with van der Waals surface area (Å²) >= 11 is 0. The molecular formula is C30H28N4O4. The number of H-pyrrole nitrogens is 2. The third-order valence-corrected chi connectivity index (χ3v) is 7.23. The van der Waals surface area contributed by atoms with Crippen molar-refractivity contribution in [2.45, 2.75) is 12.5 Å². The molecule has 38 heavy (non-hydrogen) atoms. The number of benzene rings is 3. The summed E-state index contributed by atoms with van der Waals surface area (Å²) in [5.74, 6) is 1.97. The third kappa shape index (κ3) is 3.85. The molecule has 2 aromatic heterocycles. The topological polar surface area (TPSA) is 92.5 Å². The van der Waals surface area contributed by atoms with Gasteiger partial charge in [-0.05, 0) is 47.9 Å². The molecule has 6 rings (SSSR count). The number of methoxy groups -OCH3 is 3. The van der Waals surface area contributed by atoms with Crippen LogP contribution in [-0.2, 0) is 6.42 Å². The fourth-order valence-electron chi connectivity index (χ4n) is 5.35. The number of fused-ring (bicyclic) bond motifs is 2. The average molecular weight is 509 g/mol. The summed E-state index contributed by atoms with van der Waals surface area (Å²) in [6.45, 7) is 0.513. The maximum Gasteiger partial charge on any atom is 0.273 e. The van der Waals surface area contributed by atoms with E-state index in [2.05, 4.69) is 15.2 Å². The van der Waals surface area contributed by atoms with Crippen molar-refractivity contribution in [1.29, 1.82) is 0 Å². The number of carbonyl (C=O) groups excluding carboxylic acids is 1. The highest BCUT2D eigenvalue weighted by molar-refractivity contribution is 6.00. The molecule has 1 amide bonds. The molecule has 8 nitrogen and oxygen atoms in total. The Morgan fingerprint density at radius 2 is 1.74 bits per heavy atom. The Hall–Kier alpha value is -4.72. The summed E-state index contributed by atoms with van der Waals surface area (Å²) in [7, 11) is 4.89. The van der Waals surface area contributed by atoms with Crippen molar-refractivity contribution in [3.8, 4) is 28.5 Å². The van der Waals surface area contributed by atoms with Crippen molar-refractivity contribution < 1.29 is 19.0 Å². The van der Waals surface area contributed by atoms with Gasteiger partial charge in [-0.1, -0.05) is 36.4 Å². The first-order valence-electron chi connectivity index (χ1n) is 12.4. The largest absolute Gasteiger partial charge is 0.497 e. The standard InChI is InChI=1S/C30H28N4O4/c1-36-21-10-11-23-22(16-21)20(17-31-23)13-14-34-29(19-9-12-24(37-2)25(15-19)38-3)26-27(18-7-5-4-6-8-18)32-33-28(26)30(34)35/h4-12,15-17,29,31H,13-14H2,1-3H3,(H,32,33)/t29-/m1/s1. The lowest BCUT2D eigenvalue weighted by molar-refractivity contribution is 0.0746. The second-order valence-corrected chi connectivity index (χ2v) is 9.22. The minimum absolute atomic E-state index is 0.0770. The Morgan fingerprint density at radius 3 is 2.50 bits per heavy atom. The fourth-order valence-corrected chi connectivity index (χ4v) is 5.35. The molecular weight excluding hydrogens is 480 g/mol. The van der Waals surface area contributed by atoms with E-state index in [1.807, 2.05) is 77.8 Å². The first-order valence-corrected chi connectivity index (χ1v) is 12.4. The molecule has 0 saturated carbocycles. The van der Waals surface area contributed by atoms with E-state index in [1.54, 1.807) is 21.3 Å². The monoisotopic (exact) mass is 508 g/mol. The van der Waals surface area contributed by atoms with Gasteiger partial charge in [0.15, 0.2) is 11.5 Å². The lowest BCUT2D eigenvalue weighted by Gasteiger charge is -2.27. The van der Waals surface area contributed by atoms with Gasteiger partial charge in [0.05, 0.1) is 33.1 Å². The molecule has 2 N–H and O–H groups in total. The van der Waals surface area contributed by atoms with Crippen LogP contribution in [-0.4, -0.2) is 53.9 Å². The highest BCUT2D eigenvalue weighted by Crippen LogP contribution is 2.44. The number of hydrogen-bond acceptors (Lipinski definition) is 5. The molecule has 3 aromatic carbocycles. The molecule has 0 spiro atoms. The predicted octanol–water partition coefficient (Wildman–Crippen LogP) is 5.37. The van der Waals surface area contributed by atoms with Gasteiger partial charge in [-0.3, -0.25) is 9.89 Å². The number of nitrogens with zero attached hydrogens (tertiary/aromatic N) is 2. The van der Waals surface area contributed by atoms with Crippen LogP contribution in [0.3, 0.4) is 0 Å². The summed E-state index contributed by atoms with van der Waals surface area (Å²) in [6, 6.07) is 21.4. The van der Waals surface area contributed by atoms with Crippen molar-refractivity contribution in [1.82, 2.24) is 20.1 Å². The van der Waals surface area contributed by atoms with Gasteiger partial charge < -0.3 is 24.1 Å². The van der Waals surface area contributed by atoms with Crippen LogP contribution >= 0.6 is 0 Å². The van der Waals surface area contributed by atoms with Gasteiger partial charge in [0, 0.05) is 34.8 Å². The Balaban J connectivity index is 1.42. The van der Waals surface area contributed by atoms with Crippen molar-refractivity contribution in [3.05, 3.63) is 95.3 Å². The van der Waals surface area contributed by atoms with E-state index < -0.39 is 0 Å². The molecule has 0 saturated heterocycles. The Kier molecular flexibility index (Phi) is 5.99. The van der Waals surface area contributed by atoms with E-state index in [1.165, 1.54) is 0 Å². The van der Waals surface area contributed by atoms with Crippen LogP contribution in [0.2, 0.25) is 0 Å². The van der Waals surface area contributed by atoms with Gasteiger partial charge >= 0.3 is 0 Å². The van der Waals surface area contributed by atoms with Gasteiger partial charge in [0.25, 0.3) is 5.91 Å². The Labute approximate surface area is 220 Å². The van der Waals surface area contributed by atoms with E-state index in [-0.39, 0.29) is 11.9 Å². The number of amides is 1. The second kappa shape index (κ2) is 9.63. The molecule has 3 heterocycles. The number of hydrogen-bond donors (Lipinski definition) is 2. The zero-order valence-electron chi connectivity index (χ0n) is 21.4. The molecule has 1 atom stereocenters. The maximum atomic E-state index is 13.8. The van der Waals surface area contributed by atoms with Gasteiger partial charge in [-0.2, -0.15) is 5.10 Å². The van der Waals surface area contributed by atoms with Gasteiger partial charge in [-0.15, -0.1) is 0 Å². The van der Waals surface area contributed by atoms with Gasteiger partial charge in [-0.25, -0.2) is 0 Å². The molecule has 0 aliphatic carbocycles. The quantitative estimate of drug-likeness (QED) is 0.294. The summed E-state index contributed by atoms with van der Waals surface area (Å²) < 4.78 is 16.5. The van der Waals surface area contributed by atoms with Crippen LogP contribution in [0, 0.1) is 0 Å². The first-order chi connectivity index (χ1) is 18.6. The number of nitrogens with one attached hydrogen (secondary N) is 2. The molecule has 5 aromatic rings.